The lowest BCUT2D eigenvalue weighted by atomic mass is 9.92. The van der Waals surface area contributed by atoms with Gasteiger partial charge in [-0.3, -0.25) is 0 Å². The normalized spacial score (nSPS) is 14.0. The maximum absolute atomic E-state index is 2.52. The molecule has 0 heterocycles. The number of unbranched alkanes of at least 4 members (excludes halogenated alkanes) is 23. The lowest BCUT2D eigenvalue weighted by Crippen LogP contribution is -1.99. The molecule has 0 aromatic carbocycles. The zero-order valence-electron chi connectivity index (χ0n) is 29.4. The minimum absolute atomic E-state index is 0.944. The molecule has 3 unspecified atom stereocenters. The Kier molecular flexibility index (Phi) is 33.5. The lowest BCUT2D eigenvalue weighted by molar-refractivity contribution is 0.390. The molecular formula is C40H82. The van der Waals surface area contributed by atoms with Crippen LogP contribution < -0.4 is 0 Å². The molecule has 0 nitrogen and oxygen atoms in total. The van der Waals surface area contributed by atoms with Gasteiger partial charge in [0.05, 0.1) is 0 Å². The summed E-state index contributed by atoms with van der Waals surface area (Å²) in [6.07, 6.45) is 47.1. The van der Waals surface area contributed by atoms with Gasteiger partial charge >= 0.3 is 0 Å². The maximum atomic E-state index is 2.52. The van der Waals surface area contributed by atoms with Crippen molar-refractivity contribution in [2.24, 2.45) is 17.8 Å². The molecule has 242 valence electrons. The van der Waals surface area contributed by atoms with Crippen molar-refractivity contribution in [2.75, 3.05) is 0 Å². The molecule has 0 aliphatic rings. The van der Waals surface area contributed by atoms with Gasteiger partial charge in [-0.2, -0.15) is 0 Å². The van der Waals surface area contributed by atoms with Gasteiger partial charge in [-0.05, 0) is 17.8 Å². The minimum atomic E-state index is 0.944. The summed E-state index contributed by atoms with van der Waals surface area (Å²) < 4.78 is 0. The van der Waals surface area contributed by atoms with Crippen LogP contribution in [0.1, 0.15) is 240 Å². The van der Waals surface area contributed by atoms with Gasteiger partial charge in [0.25, 0.3) is 0 Å². The van der Waals surface area contributed by atoms with Crippen LogP contribution in [0.25, 0.3) is 0 Å². The quantitative estimate of drug-likeness (QED) is 0.0684. The molecule has 0 saturated heterocycles. The number of hydrogen-bond acceptors (Lipinski definition) is 0. The average molecular weight is 563 g/mol. The lowest BCUT2D eigenvalue weighted by Gasteiger charge is -2.14. The molecule has 0 amide bonds. The Labute approximate surface area is 257 Å². The first-order valence-electron chi connectivity index (χ1n) is 19.6. The average Bonchev–Trinajstić information content (AvgIpc) is 2.95. The van der Waals surface area contributed by atoms with Gasteiger partial charge in [0.2, 0.25) is 0 Å². The zero-order valence-corrected chi connectivity index (χ0v) is 29.4. The van der Waals surface area contributed by atoms with Crippen molar-refractivity contribution in [3.63, 3.8) is 0 Å². The van der Waals surface area contributed by atoms with Crippen molar-refractivity contribution < 1.29 is 0 Å². The van der Waals surface area contributed by atoms with Crippen LogP contribution in [0.5, 0.6) is 0 Å². The van der Waals surface area contributed by atoms with Gasteiger partial charge in [-0.15, -0.1) is 0 Å². The maximum Gasteiger partial charge on any atom is -0.0443 e. The highest BCUT2D eigenvalue weighted by Gasteiger charge is 2.06. The van der Waals surface area contributed by atoms with Crippen LogP contribution in [0.4, 0.5) is 0 Å². The Balaban J connectivity index is 3.27. The molecule has 0 fully saturated rings. The largest absolute Gasteiger partial charge is 0.0654 e. The predicted octanol–water partition coefficient (Wildman–Crippen LogP) is 15.4. The Morgan fingerprint density at radius 3 is 0.750 bits per heavy atom. The molecule has 0 aromatic rings. The SMILES string of the molecule is CCCCCCCCCCCCCCCCCCC(C)CCCC(C)CCCCCCCCCCCC(C)CC. The standard InChI is InChI=1S/C40H82/c1-6-8-9-10-11-12-13-14-15-16-17-18-20-24-27-30-34-39(4)36-32-37-40(5)35-31-28-25-22-19-21-23-26-29-33-38(3)7-2/h38-40H,6-37H2,1-5H3. The third kappa shape index (κ3) is 32.5. The Bertz CT molecular complexity index is 439. The predicted molar refractivity (Wildman–Crippen MR) is 187 cm³/mol. The second kappa shape index (κ2) is 33.5. The van der Waals surface area contributed by atoms with Crippen LogP contribution in [-0.2, 0) is 0 Å². The smallest absolute Gasteiger partial charge is 0.0443 e. The van der Waals surface area contributed by atoms with E-state index in [4.69, 9.17) is 0 Å². The molecule has 3 atom stereocenters. The molecule has 0 rings (SSSR count). The summed E-state index contributed by atoms with van der Waals surface area (Å²) in [5, 5.41) is 0. The molecule has 0 aliphatic heterocycles. The topological polar surface area (TPSA) is 0 Å². The van der Waals surface area contributed by atoms with E-state index in [9.17, 15) is 0 Å². The third-order valence-corrected chi connectivity index (χ3v) is 10.0. The van der Waals surface area contributed by atoms with E-state index in [1.807, 2.05) is 0 Å². The summed E-state index contributed by atoms with van der Waals surface area (Å²) in [7, 11) is 0. The van der Waals surface area contributed by atoms with Crippen molar-refractivity contribution >= 4 is 0 Å². The van der Waals surface area contributed by atoms with Gasteiger partial charge in [0.15, 0.2) is 0 Å². The van der Waals surface area contributed by atoms with Crippen LogP contribution in [0.15, 0.2) is 0 Å². The monoisotopic (exact) mass is 563 g/mol. The van der Waals surface area contributed by atoms with Crippen LogP contribution >= 0.6 is 0 Å². The molecule has 0 heteroatoms. The molecule has 0 spiro atoms. The van der Waals surface area contributed by atoms with Crippen molar-refractivity contribution in [2.45, 2.75) is 240 Å². The molecule has 0 bridgehead atoms. The van der Waals surface area contributed by atoms with E-state index in [1.54, 1.807) is 0 Å². The second-order valence-electron chi connectivity index (χ2n) is 14.5. The van der Waals surface area contributed by atoms with Gasteiger partial charge in [-0.1, -0.05) is 240 Å². The Morgan fingerprint density at radius 1 is 0.250 bits per heavy atom. The second-order valence-corrected chi connectivity index (χ2v) is 14.5. The van der Waals surface area contributed by atoms with E-state index < -0.39 is 0 Å². The zero-order chi connectivity index (χ0) is 29.4. The summed E-state index contributed by atoms with van der Waals surface area (Å²) >= 11 is 0. The third-order valence-electron chi connectivity index (χ3n) is 10.0. The molecular weight excluding hydrogens is 480 g/mol. The fourth-order valence-electron chi connectivity index (χ4n) is 6.57. The van der Waals surface area contributed by atoms with Gasteiger partial charge < -0.3 is 0 Å². The highest BCUT2D eigenvalue weighted by molar-refractivity contribution is 4.60. The van der Waals surface area contributed by atoms with E-state index in [2.05, 4.69) is 34.6 Å². The summed E-state index contributed by atoms with van der Waals surface area (Å²) in [6, 6.07) is 0. The van der Waals surface area contributed by atoms with E-state index in [1.165, 1.54) is 205 Å². The van der Waals surface area contributed by atoms with Gasteiger partial charge in [-0.25, -0.2) is 0 Å². The first-order chi connectivity index (χ1) is 19.6. The molecule has 0 saturated carbocycles. The number of rotatable bonds is 34. The minimum Gasteiger partial charge on any atom is -0.0654 e. The molecule has 40 heavy (non-hydrogen) atoms. The van der Waals surface area contributed by atoms with Crippen molar-refractivity contribution in [1.29, 1.82) is 0 Å². The van der Waals surface area contributed by atoms with Gasteiger partial charge in [0, 0.05) is 0 Å². The van der Waals surface area contributed by atoms with Crippen LogP contribution in [0.2, 0.25) is 0 Å². The Morgan fingerprint density at radius 2 is 0.475 bits per heavy atom. The summed E-state index contributed by atoms with van der Waals surface area (Å²) in [5.41, 5.74) is 0. The van der Waals surface area contributed by atoms with Crippen molar-refractivity contribution in [3.8, 4) is 0 Å². The molecule has 0 aliphatic carbocycles. The molecule has 0 N–H and O–H groups in total. The van der Waals surface area contributed by atoms with E-state index in [0.717, 1.165) is 17.8 Å². The van der Waals surface area contributed by atoms with E-state index in [-0.39, 0.29) is 0 Å². The fourth-order valence-corrected chi connectivity index (χ4v) is 6.57. The first-order valence-corrected chi connectivity index (χ1v) is 19.6. The van der Waals surface area contributed by atoms with Crippen molar-refractivity contribution in [3.05, 3.63) is 0 Å². The van der Waals surface area contributed by atoms with Crippen molar-refractivity contribution in [1.82, 2.24) is 0 Å². The van der Waals surface area contributed by atoms with E-state index >= 15 is 0 Å². The summed E-state index contributed by atoms with van der Waals surface area (Å²) in [6.45, 7) is 12.1. The first kappa shape index (κ1) is 40.0. The molecule has 0 radical (unpaired) electrons. The van der Waals surface area contributed by atoms with Crippen LogP contribution in [-0.4, -0.2) is 0 Å². The summed E-state index contributed by atoms with van der Waals surface area (Å²) in [4.78, 5) is 0. The van der Waals surface area contributed by atoms with Gasteiger partial charge in [0.1, 0.15) is 0 Å². The highest BCUT2D eigenvalue weighted by Crippen LogP contribution is 2.22. The van der Waals surface area contributed by atoms with Crippen LogP contribution in [0.3, 0.4) is 0 Å². The molecule has 0 aromatic heterocycles. The van der Waals surface area contributed by atoms with Crippen LogP contribution in [0, 0.1) is 17.8 Å². The van der Waals surface area contributed by atoms with E-state index in [0.29, 0.717) is 0 Å². The Hall–Kier alpha value is 0. The summed E-state index contributed by atoms with van der Waals surface area (Å²) in [5.74, 6) is 2.85. The highest BCUT2D eigenvalue weighted by atomic mass is 14.1. The number of hydrogen-bond donors (Lipinski definition) is 0. The fraction of sp³-hybridized carbons (Fsp3) is 1.00.